The van der Waals surface area contributed by atoms with E-state index in [0.717, 1.165) is 34.1 Å². The van der Waals surface area contributed by atoms with E-state index in [4.69, 9.17) is 9.47 Å². The van der Waals surface area contributed by atoms with Crippen molar-refractivity contribution in [3.63, 3.8) is 0 Å². The van der Waals surface area contributed by atoms with Crippen molar-refractivity contribution in [2.24, 2.45) is 0 Å². The monoisotopic (exact) mass is 361 g/mol. The van der Waals surface area contributed by atoms with Crippen LogP contribution in [0.1, 0.15) is 17.5 Å². The van der Waals surface area contributed by atoms with Crippen LogP contribution < -0.4 is 14.8 Å². The maximum absolute atomic E-state index is 12.2. The molecule has 0 fully saturated rings. The van der Waals surface area contributed by atoms with Gasteiger partial charge < -0.3 is 14.8 Å². The molecule has 0 aliphatic carbocycles. The zero-order valence-corrected chi connectivity index (χ0v) is 15.6. The quantitative estimate of drug-likeness (QED) is 0.616. The average Bonchev–Trinajstić information content (AvgIpc) is 2.68. The van der Waals surface area contributed by atoms with Crippen molar-refractivity contribution < 1.29 is 14.3 Å². The third kappa shape index (κ3) is 5.35. The molecule has 27 heavy (non-hydrogen) atoms. The van der Waals surface area contributed by atoms with Gasteiger partial charge in [-0.25, -0.2) is 0 Å². The van der Waals surface area contributed by atoms with Crippen LogP contribution in [-0.4, -0.2) is 13.0 Å². The van der Waals surface area contributed by atoms with Gasteiger partial charge in [0.2, 0.25) is 5.91 Å². The van der Waals surface area contributed by atoms with Crippen molar-refractivity contribution >= 4 is 11.6 Å². The number of rotatable bonds is 7. The van der Waals surface area contributed by atoms with Crippen LogP contribution in [0, 0.1) is 6.92 Å². The van der Waals surface area contributed by atoms with Crippen LogP contribution in [0.2, 0.25) is 0 Å². The summed E-state index contributed by atoms with van der Waals surface area (Å²) in [5.74, 6) is 2.30. The first kappa shape index (κ1) is 18.5. The van der Waals surface area contributed by atoms with Crippen LogP contribution >= 0.6 is 0 Å². The van der Waals surface area contributed by atoms with E-state index in [9.17, 15) is 4.79 Å². The summed E-state index contributed by atoms with van der Waals surface area (Å²) >= 11 is 0. The lowest BCUT2D eigenvalue weighted by atomic mass is 10.1. The number of benzene rings is 3. The highest BCUT2D eigenvalue weighted by Gasteiger charge is 2.07. The average molecular weight is 361 g/mol. The fraction of sp³-hybridized carbons (Fsp3) is 0.174. The molecule has 0 unspecified atom stereocenters. The van der Waals surface area contributed by atoms with Gasteiger partial charge in [-0.05, 0) is 66.9 Å². The number of amides is 1. The minimum Gasteiger partial charge on any atom is -0.496 e. The Kier molecular flexibility index (Phi) is 6.10. The first-order valence-corrected chi connectivity index (χ1v) is 8.90. The van der Waals surface area contributed by atoms with Crippen LogP contribution in [0.3, 0.4) is 0 Å². The summed E-state index contributed by atoms with van der Waals surface area (Å²) in [6.07, 6.45) is 1.02. The fourth-order valence-corrected chi connectivity index (χ4v) is 2.80. The number of hydrogen-bond acceptors (Lipinski definition) is 3. The minimum absolute atomic E-state index is 0.0340. The fourth-order valence-electron chi connectivity index (χ4n) is 2.80. The van der Waals surface area contributed by atoms with Gasteiger partial charge in [-0.3, -0.25) is 4.79 Å². The van der Waals surface area contributed by atoms with Gasteiger partial charge >= 0.3 is 0 Å². The minimum atomic E-state index is -0.0340. The van der Waals surface area contributed by atoms with E-state index < -0.39 is 0 Å². The van der Waals surface area contributed by atoms with Gasteiger partial charge in [0.1, 0.15) is 17.2 Å². The molecule has 0 aromatic heterocycles. The van der Waals surface area contributed by atoms with E-state index in [2.05, 4.69) is 5.32 Å². The number of hydrogen-bond donors (Lipinski definition) is 1. The van der Waals surface area contributed by atoms with Crippen LogP contribution in [0.15, 0.2) is 72.8 Å². The lowest BCUT2D eigenvalue weighted by Crippen LogP contribution is -2.12. The van der Waals surface area contributed by atoms with Crippen molar-refractivity contribution in [1.29, 1.82) is 0 Å². The topological polar surface area (TPSA) is 47.6 Å². The molecule has 0 spiro atoms. The zero-order chi connectivity index (χ0) is 19.1. The van der Waals surface area contributed by atoms with Gasteiger partial charge in [-0.15, -0.1) is 0 Å². The summed E-state index contributed by atoms with van der Waals surface area (Å²) in [4.78, 5) is 12.2. The number of aryl methyl sites for hydroxylation is 2. The third-order valence-corrected chi connectivity index (χ3v) is 4.18. The zero-order valence-electron chi connectivity index (χ0n) is 15.6. The second kappa shape index (κ2) is 8.90. The number of para-hydroxylation sites is 1. The molecule has 138 valence electrons. The standard InChI is InChI=1S/C23H23NO3/c1-17-6-5-8-21(16-17)27-20-13-11-19(12-14-20)24-23(25)15-10-18-7-3-4-9-22(18)26-2/h3-9,11-14,16H,10,15H2,1-2H3,(H,24,25). The molecule has 3 aromatic rings. The number of anilines is 1. The molecular weight excluding hydrogens is 338 g/mol. The summed E-state index contributed by atoms with van der Waals surface area (Å²) in [5, 5.41) is 2.91. The third-order valence-electron chi connectivity index (χ3n) is 4.18. The van der Waals surface area contributed by atoms with Gasteiger partial charge in [-0.2, -0.15) is 0 Å². The van der Waals surface area contributed by atoms with Gasteiger partial charge in [0.25, 0.3) is 0 Å². The number of ether oxygens (including phenoxy) is 2. The Morgan fingerprint density at radius 3 is 2.44 bits per heavy atom. The second-order valence-electron chi connectivity index (χ2n) is 6.30. The summed E-state index contributed by atoms with van der Waals surface area (Å²) in [6.45, 7) is 2.02. The summed E-state index contributed by atoms with van der Waals surface area (Å²) in [7, 11) is 1.64. The van der Waals surface area contributed by atoms with Crippen molar-refractivity contribution in [2.45, 2.75) is 19.8 Å². The van der Waals surface area contributed by atoms with E-state index in [1.807, 2.05) is 79.7 Å². The lowest BCUT2D eigenvalue weighted by molar-refractivity contribution is -0.116. The van der Waals surface area contributed by atoms with Gasteiger partial charge in [0.15, 0.2) is 0 Å². The molecule has 1 N–H and O–H groups in total. The maximum atomic E-state index is 12.2. The number of carbonyl (C=O) groups is 1. The molecule has 0 aliphatic heterocycles. The van der Waals surface area contributed by atoms with E-state index in [1.165, 1.54) is 0 Å². The molecule has 0 aliphatic rings. The van der Waals surface area contributed by atoms with E-state index in [0.29, 0.717) is 12.8 Å². The number of methoxy groups -OCH3 is 1. The van der Waals surface area contributed by atoms with Crippen LogP contribution in [0.4, 0.5) is 5.69 Å². The van der Waals surface area contributed by atoms with Gasteiger partial charge in [-0.1, -0.05) is 30.3 Å². The van der Waals surface area contributed by atoms with Crippen LogP contribution in [0.25, 0.3) is 0 Å². The van der Waals surface area contributed by atoms with Crippen molar-refractivity contribution in [3.05, 3.63) is 83.9 Å². The molecule has 0 radical (unpaired) electrons. The predicted octanol–water partition coefficient (Wildman–Crippen LogP) is 5.37. The Morgan fingerprint density at radius 2 is 1.70 bits per heavy atom. The SMILES string of the molecule is COc1ccccc1CCC(=O)Nc1ccc(Oc2cccc(C)c2)cc1. The Labute approximate surface area is 159 Å². The summed E-state index contributed by atoms with van der Waals surface area (Å²) in [6, 6.07) is 23.0. The first-order valence-electron chi connectivity index (χ1n) is 8.90. The molecule has 3 rings (SSSR count). The Balaban J connectivity index is 1.54. The molecule has 1 amide bonds. The van der Waals surface area contributed by atoms with Gasteiger partial charge in [0.05, 0.1) is 7.11 Å². The number of nitrogens with one attached hydrogen (secondary N) is 1. The molecule has 4 nitrogen and oxygen atoms in total. The Hall–Kier alpha value is -3.27. The Morgan fingerprint density at radius 1 is 0.926 bits per heavy atom. The molecule has 4 heteroatoms. The predicted molar refractivity (Wildman–Crippen MR) is 108 cm³/mol. The summed E-state index contributed by atoms with van der Waals surface area (Å²) in [5.41, 5.74) is 2.92. The molecule has 0 heterocycles. The molecule has 0 saturated heterocycles. The molecule has 0 atom stereocenters. The molecule has 3 aromatic carbocycles. The first-order chi connectivity index (χ1) is 13.1. The molecule has 0 bridgehead atoms. The number of carbonyl (C=O) groups excluding carboxylic acids is 1. The normalized spacial score (nSPS) is 10.3. The smallest absolute Gasteiger partial charge is 0.224 e. The maximum Gasteiger partial charge on any atom is 0.224 e. The van der Waals surface area contributed by atoms with Crippen LogP contribution in [-0.2, 0) is 11.2 Å². The van der Waals surface area contributed by atoms with E-state index >= 15 is 0 Å². The van der Waals surface area contributed by atoms with E-state index in [-0.39, 0.29) is 5.91 Å². The highest BCUT2D eigenvalue weighted by molar-refractivity contribution is 5.90. The second-order valence-corrected chi connectivity index (χ2v) is 6.30. The van der Waals surface area contributed by atoms with Crippen molar-refractivity contribution in [2.75, 3.05) is 12.4 Å². The van der Waals surface area contributed by atoms with Crippen molar-refractivity contribution in [3.8, 4) is 17.2 Å². The molecular formula is C23H23NO3. The summed E-state index contributed by atoms with van der Waals surface area (Å²) < 4.78 is 11.1. The van der Waals surface area contributed by atoms with Gasteiger partial charge in [0, 0.05) is 12.1 Å². The Bertz CT molecular complexity index is 904. The largest absolute Gasteiger partial charge is 0.496 e. The van der Waals surface area contributed by atoms with Crippen molar-refractivity contribution in [1.82, 2.24) is 0 Å². The lowest BCUT2D eigenvalue weighted by Gasteiger charge is -2.10. The highest BCUT2D eigenvalue weighted by atomic mass is 16.5. The molecule has 0 saturated carbocycles. The highest BCUT2D eigenvalue weighted by Crippen LogP contribution is 2.24. The van der Waals surface area contributed by atoms with Crippen LogP contribution in [0.5, 0.6) is 17.2 Å². The van der Waals surface area contributed by atoms with E-state index in [1.54, 1.807) is 7.11 Å².